The van der Waals surface area contributed by atoms with Crippen molar-refractivity contribution >= 4 is 34.8 Å². The molecule has 0 bridgehead atoms. The van der Waals surface area contributed by atoms with Crippen molar-refractivity contribution in [3.63, 3.8) is 0 Å². The maximum atomic E-state index is 12.5. The molecule has 0 heterocycles. The fourth-order valence-corrected chi connectivity index (χ4v) is 3.24. The fourth-order valence-electron chi connectivity index (χ4n) is 2.78. The molecule has 2 aromatic rings. The van der Waals surface area contributed by atoms with Crippen LogP contribution in [0.1, 0.15) is 25.0 Å². The summed E-state index contributed by atoms with van der Waals surface area (Å²) in [5, 5.41) is 3.71. The van der Waals surface area contributed by atoms with Crippen LogP contribution in [0.25, 0.3) is 0 Å². The number of hydrogen-bond donors (Lipinski definition) is 1. The van der Waals surface area contributed by atoms with Crippen LogP contribution in [0, 0.1) is 6.92 Å². The van der Waals surface area contributed by atoms with Crippen molar-refractivity contribution < 1.29 is 14.3 Å². The number of methoxy groups -OCH3 is 1. The zero-order valence-electron chi connectivity index (χ0n) is 16.6. The molecule has 2 aromatic carbocycles. The van der Waals surface area contributed by atoms with Crippen molar-refractivity contribution in [3.05, 3.63) is 51.5 Å². The number of amides is 1. The zero-order chi connectivity index (χ0) is 20.7. The Balaban J connectivity index is 2.06. The average Bonchev–Trinajstić information content (AvgIpc) is 2.69. The van der Waals surface area contributed by atoms with E-state index in [-0.39, 0.29) is 12.5 Å². The maximum Gasteiger partial charge on any atom is 0.238 e. The smallest absolute Gasteiger partial charge is 0.238 e. The van der Waals surface area contributed by atoms with Gasteiger partial charge in [-0.2, -0.15) is 0 Å². The van der Waals surface area contributed by atoms with Gasteiger partial charge in [0.1, 0.15) is 0 Å². The minimum Gasteiger partial charge on any atom is -0.493 e. The number of nitrogens with one attached hydrogen (secondary N) is 1. The van der Waals surface area contributed by atoms with Gasteiger partial charge in [0, 0.05) is 6.54 Å². The molecule has 0 aromatic heterocycles. The molecule has 0 spiro atoms. The summed E-state index contributed by atoms with van der Waals surface area (Å²) in [6.07, 6.45) is 0. The van der Waals surface area contributed by atoms with Crippen molar-refractivity contribution in [1.82, 2.24) is 4.90 Å². The second kappa shape index (κ2) is 10.6. The van der Waals surface area contributed by atoms with Crippen molar-refractivity contribution in [1.29, 1.82) is 0 Å². The van der Waals surface area contributed by atoms with Gasteiger partial charge in [0.25, 0.3) is 0 Å². The number of carbonyl (C=O) groups is 1. The first kappa shape index (κ1) is 22.3. The van der Waals surface area contributed by atoms with Gasteiger partial charge in [0.2, 0.25) is 5.91 Å². The van der Waals surface area contributed by atoms with Crippen molar-refractivity contribution in [2.75, 3.05) is 32.1 Å². The molecule has 0 fully saturated rings. The van der Waals surface area contributed by atoms with Gasteiger partial charge < -0.3 is 14.8 Å². The largest absolute Gasteiger partial charge is 0.493 e. The van der Waals surface area contributed by atoms with E-state index in [4.69, 9.17) is 32.7 Å². The lowest BCUT2D eigenvalue weighted by atomic mass is 10.2. The number of benzene rings is 2. The third-order valence-corrected chi connectivity index (χ3v) is 5.10. The van der Waals surface area contributed by atoms with E-state index in [9.17, 15) is 4.79 Å². The lowest BCUT2D eigenvalue weighted by Crippen LogP contribution is -2.33. The molecule has 0 aliphatic carbocycles. The van der Waals surface area contributed by atoms with Gasteiger partial charge in [-0.1, -0.05) is 42.3 Å². The number of nitrogens with zero attached hydrogens (tertiary/aromatic N) is 1. The highest BCUT2D eigenvalue weighted by atomic mass is 35.5. The van der Waals surface area contributed by atoms with Crippen LogP contribution in [0.2, 0.25) is 10.0 Å². The number of aryl methyl sites for hydroxylation is 1. The number of ether oxygens (including phenoxy) is 2. The van der Waals surface area contributed by atoms with E-state index in [0.29, 0.717) is 46.9 Å². The Morgan fingerprint density at radius 3 is 2.54 bits per heavy atom. The first-order valence-corrected chi connectivity index (χ1v) is 9.91. The van der Waals surface area contributed by atoms with Crippen molar-refractivity contribution in [2.45, 2.75) is 27.3 Å². The van der Waals surface area contributed by atoms with E-state index in [1.165, 1.54) is 0 Å². The Labute approximate surface area is 176 Å². The number of hydrogen-bond acceptors (Lipinski definition) is 4. The normalized spacial score (nSPS) is 10.8. The summed E-state index contributed by atoms with van der Waals surface area (Å²) in [6, 6.07) is 9.33. The lowest BCUT2D eigenvalue weighted by Gasteiger charge is -2.21. The Hall–Kier alpha value is -1.95. The van der Waals surface area contributed by atoms with Gasteiger partial charge in [0.15, 0.2) is 11.5 Å². The first-order chi connectivity index (χ1) is 13.4. The molecular weight excluding hydrogens is 399 g/mol. The van der Waals surface area contributed by atoms with E-state index in [0.717, 1.165) is 11.1 Å². The maximum absolute atomic E-state index is 12.5. The predicted octanol–water partition coefficient (Wildman–Crippen LogP) is 5.17. The number of carbonyl (C=O) groups excluding carboxylic acids is 1. The fraction of sp³-hybridized carbons (Fsp3) is 0.381. The van der Waals surface area contributed by atoms with Crippen LogP contribution in [-0.4, -0.2) is 37.6 Å². The molecule has 0 aliphatic rings. The molecule has 0 saturated carbocycles. The SMILES string of the molecule is CCOc1ccc(CN(CC)CC(=O)Nc2c(Cl)ccc(C)c2Cl)cc1OC. The van der Waals surface area contributed by atoms with E-state index in [1.54, 1.807) is 13.2 Å². The predicted molar refractivity (Wildman–Crippen MR) is 115 cm³/mol. The highest BCUT2D eigenvalue weighted by Crippen LogP contribution is 2.33. The molecule has 2 rings (SSSR count). The molecule has 7 heteroatoms. The van der Waals surface area contributed by atoms with Crippen molar-refractivity contribution in [2.24, 2.45) is 0 Å². The Bertz CT molecular complexity index is 828. The van der Waals surface area contributed by atoms with Gasteiger partial charge in [-0.25, -0.2) is 0 Å². The van der Waals surface area contributed by atoms with Gasteiger partial charge in [-0.15, -0.1) is 0 Å². The van der Waals surface area contributed by atoms with Crippen LogP contribution in [0.15, 0.2) is 30.3 Å². The van der Waals surface area contributed by atoms with Crippen LogP contribution in [0.5, 0.6) is 11.5 Å². The van der Waals surface area contributed by atoms with Gasteiger partial charge in [0.05, 0.1) is 36.0 Å². The quantitative estimate of drug-likeness (QED) is 0.602. The number of rotatable bonds is 9. The summed E-state index contributed by atoms with van der Waals surface area (Å²) in [7, 11) is 1.61. The molecule has 0 aliphatic heterocycles. The standard InChI is InChI=1S/C21H26Cl2N2O3/c1-5-25(12-15-8-10-17(28-6-2)18(11-15)27-4)13-19(26)24-21-16(22)9-7-14(3)20(21)23/h7-11H,5-6,12-13H2,1-4H3,(H,24,26). The molecule has 1 N–H and O–H groups in total. The first-order valence-electron chi connectivity index (χ1n) is 9.16. The Morgan fingerprint density at radius 1 is 1.14 bits per heavy atom. The molecule has 0 radical (unpaired) electrons. The summed E-state index contributed by atoms with van der Waals surface area (Å²) >= 11 is 12.5. The van der Waals surface area contributed by atoms with E-state index in [2.05, 4.69) is 5.32 Å². The van der Waals surface area contributed by atoms with Crippen molar-refractivity contribution in [3.8, 4) is 11.5 Å². The molecule has 0 atom stereocenters. The molecule has 5 nitrogen and oxygen atoms in total. The lowest BCUT2D eigenvalue weighted by molar-refractivity contribution is -0.117. The Morgan fingerprint density at radius 2 is 1.89 bits per heavy atom. The molecular formula is C21H26Cl2N2O3. The van der Waals surface area contributed by atoms with Crippen LogP contribution in [-0.2, 0) is 11.3 Å². The minimum absolute atomic E-state index is 0.172. The number of anilines is 1. The second-order valence-corrected chi connectivity index (χ2v) is 7.11. The highest BCUT2D eigenvalue weighted by molar-refractivity contribution is 6.40. The molecule has 28 heavy (non-hydrogen) atoms. The third-order valence-electron chi connectivity index (χ3n) is 4.30. The monoisotopic (exact) mass is 424 g/mol. The summed E-state index contributed by atoms with van der Waals surface area (Å²) in [4.78, 5) is 14.6. The number of likely N-dealkylation sites (N-methyl/N-ethyl adjacent to an activating group) is 1. The Kier molecular flexibility index (Phi) is 8.42. The van der Waals surface area contributed by atoms with Gasteiger partial charge in [-0.05, 0) is 49.7 Å². The molecule has 1 amide bonds. The van der Waals surface area contributed by atoms with Gasteiger partial charge >= 0.3 is 0 Å². The molecule has 0 saturated heterocycles. The van der Waals surface area contributed by atoms with Gasteiger partial charge in [-0.3, -0.25) is 9.69 Å². The highest BCUT2D eigenvalue weighted by Gasteiger charge is 2.15. The number of halogens is 2. The van der Waals surface area contributed by atoms with Crippen LogP contribution in [0.3, 0.4) is 0 Å². The molecule has 152 valence electrons. The van der Waals surface area contributed by atoms with Crippen LogP contribution >= 0.6 is 23.2 Å². The molecule has 0 unspecified atom stereocenters. The van der Waals surface area contributed by atoms with E-state index in [1.807, 2.05) is 49.9 Å². The summed E-state index contributed by atoms with van der Waals surface area (Å²) < 4.78 is 10.9. The third kappa shape index (κ3) is 5.77. The summed E-state index contributed by atoms with van der Waals surface area (Å²) in [5.74, 6) is 1.21. The summed E-state index contributed by atoms with van der Waals surface area (Å²) in [5.41, 5.74) is 2.34. The van der Waals surface area contributed by atoms with E-state index >= 15 is 0 Å². The minimum atomic E-state index is -0.172. The average molecular weight is 425 g/mol. The summed E-state index contributed by atoms with van der Waals surface area (Å²) in [6.45, 7) is 7.89. The van der Waals surface area contributed by atoms with Crippen LogP contribution < -0.4 is 14.8 Å². The second-order valence-electron chi connectivity index (χ2n) is 6.32. The topological polar surface area (TPSA) is 50.8 Å². The van der Waals surface area contributed by atoms with Crippen LogP contribution in [0.4, 0.5) is 5.69 Å². The van der Waals surface area contributed by atoms with E-state index < -0.39 is 0 Å². The zero-order valence-corrected chi connectivity index (χ0v) is 18.2.